The zero-order valence-corrected chi connectivity index (χ0v) is 12.6. The highest BCUT2D eigenvalue weighted by Crippen LogP contribution is 2.23. The first-order valence-electron chi connectivity index (χ1n) is 6.15. The van der Waals surface area contributed by atoms with E-state index in [4.69, 9.17) is 5.11 Å². The van der Waals surface area contributed by atoms with Gasteiger partial charge in [0.15, 0.2) is 0 Å². The number of thioether (sulfide) groups is 1. The zero-order chi connectivity index (χ0) is 15.2. The van der Waals surface area contributed by atoms with Crippen LogP contribution < -0.4 is 5.32 Å². The Hall–Kier alpha value is -1.51. The fourth-order valence-electron chi connectivity index (χ4n) is 1.30. The number of aliphatic hydroxyl groups is 1. The Balaban J connectivity index is 2.67. The van der Waals surface area contributed by atoms with E-state index in [9.17, 15) is 9.18 Å². The number of hydrogen-bond donors (Lipinski definition) is 2. The van der Waals surface area contributed by atoms with Gasteiger partial charge in [0.25, 0.3) is 0 Å². The van der Waals surface area contributed by atoms with Gasteiger partial charge in [-0.05, 0) is 18.2 Å². The lowest BCUT2D eigenvalue weighted by Crippen LogP contribution is -2.19. The number of nitrogens with one attached hydrogen (secondary N) is 1. The molecule has 0 bridgehead atoms. The number of carbonyl (C=O) groups excluding carboxylic acids is 1. The summed E-state index contributed by atoms with van der Waals surface area (Å²) in [5, 5.41) is 11.1. The van der Waals surface area contributed by atoms with E-state index in [0.717, 1.165) is 0 Å². The average Bonchev–Trinajstić information content (AvgIpc) is 2.36. The van der Waals surface area contributed by atoms with Crippen molar-refractivity contribution in [2.45, 2.75) is 25.5 Å². The van der Waals surface area contributed by atoms with Crippen molar-refractivity contribution in [1.29, 1.82) is 0 Å². The molecule has 0 aromatic heterocycles. The molecule has 1 aromatic rings. The topological polar surface area (TPSA) is 49.3 Å². The van der Waals surface area contributed by atoms with E-state index in [1.807, 2.05) is 20.8 Å². The van der Waals surface area contributed by atoms with Crippen molar-refractivity contribution < 1.29 is 14.3 Å². The van der Waals surface area contributed by atoms with Crippen LogP contribution in [0.15, 0.2) is 18.2 Å². The Morgan fingerprint density at radius 3 is 2.70 bits per heavy atom. The second-order valence-electron chi connectivity index (χ2n) is 5.10. The number of hydrogen-bond acceptors (Lipinski definition) is 3. The summed E-state index contributed by atoms with van der Waals surface area (Å²) in [6, 6.07) is 4.30. The Labute approximate surface area is 123 Å². The molecule has 0 heterocycles. The number of benzene rings is 1. The molecule has 0 atom stereocenters. The third-order valence-corrected chi connectivity index (χ3v) is 3.46. The Morgan fingerprint density at radius 2 is 2.15 bits per heavy atom. The summed E-state index contributed by atoms with van der Waals surface area (Å²) in [6.07, 6.45) is 0. The molecular formula is C15H18FNO2S. The molecule has 1 rings (SSSR count). The van der Waals surface area contributed by atoms with Crippen LogP contribution in [-0.4, -0.2) is 28.1 Å². The first kappa shape index (κ1) is 16.5. The highest BCUT2D eigenvalue weighted by molar-refractivity contribution is 8.01. The molecule has 0 saturated heterocycles. The smallest absolute Gasteiger partial charge is 0.234 e. The predicted octanol–water partition coefficient (Wildman–Crippen LogP) is 2.64. The fraction of sp³-hybridized carbons (Fsp3) is 0.400. The van der Waals surface area contributed by atoms with Crippen LogP contribution in [-0.2, 0) is 4.79 Å². The average molecular weight is 295 g/mol. The number of anilines is 1. The number of amides is 1. The molecule has 1 aromatic carbocycles. The molecule has 0 radical (unpaired) electrons. The highest BCUT2D eigenvalue weighted by Gasteiger charge is 2.14. The molecule has 0 fully saturated rings. The molecule has 0 aliphatic rings. The minimum atomic E-state index is -0.538. The summed E-state index contributed by atoms with van der Waals surface area (Å²) in [5.41, 5.74) is 0.595. The second kappa shape index (κ2) is 7.32. The quantitative estimate of drug-likeness (QED) is 0.843. The minimum absolute atomic E-state index is 0.0143. The van der Waals surface area contributed by atoms with Gasteiger partial charge < -0.3 is 10.4 Å². The van der Waals surface area contributed by atoms with E-state index in [0.29, 0.717) is 5.56 Å². The van der Waals surface area contributed by atoms with Crippen molar-refractivity contribution in [3.63, 3.8) is 0 Å². The number of carbonyl (C=O) groups is 1. The van der Waals surface area contributed by atoms with Crippen LogP contribution in [0, 0.1) is 17.7 Å². The Kier molecular flexibility index (Phi) is 6.05. The van der Waals surface area contributed by atoms with Crippen molar-refractivity contribution in [3.8, 4) is 11.8 Å². The lowest BCUT2D eigenvalue weighted by atomic mass is 10.2. The molecule has 108 valence electrons. The second-order valence-corrected chi connectivity index (χ2v) is 6.91. The van der Waals surface area contributed by atoms with Gasteiger partial charge in [-0.3, -0.25) is 4.79 Å². The molecule has 0 saturated carbocycles. The summed E-state index contributed by atoms with van der Waals surface area (Å²) in [7, 11) is 0. The van der Waals surface area contributed by atoms with Crippen LogP contribution >= 0.6 is 11.8 Å². The summed E-state index contributed by atoms with van der Waals surface area (Å²) >= 11 is 1.50. The third-order valence-electron chi connectivity index (χ3n) is 2.19. The molecule has 2 N–H and O–H groups in total. The maximum absolute atomic E-state index is 13.8. The summed E-state index contributed by atoms with van der Waals surface area (Å²) in [6.45, 7) is 5.77. The van der Waals surface area contributed by atoms with E-state index < -0.39 is 5.82 Å². The molecule has 0 aliphatic carbocycles. The van der Waals surface area contributed by atoms with Gasteiger partial charge in [-0.2, -0.15) is 0 Å². The predicted molar refractivity (Wildman–Crippen MR) is 81.2 cm³/mol. The van der Waals surface area contributed by atoms with E-state index in [1.54, 1.807) is 6.07 Å². The van der Waals surface area contributed by atoms with E-state index >= 15 is 0 Å². The molecule has 0 spiro atoms. The van der Waals surface area contributed by atoms with E-state index in [-0.39, 0.29) is 28.7 Å². The molecule has 0 aliphatic heterocycles. The maximum Gasteiger partial charge on any atom is 0.234 e. The van der Waals surface area contributed by atoms with Crippen molar-refractivity contribution >= 4 is 23.4 Å². The lowest BCUT2D eigenvalue weighted by Gasteiger charge is -2.17. The van der Waals surface area contributed by atoms with Gasteiger partial charge in [-0.1, -0.05) is 32.6 Å². The normalized spacial score (nSPS) is 10.7. The van der Waals surface area contributed by atoms with Crippen LogP contribution in [0.3, 0.4) is 0 Å². The molecule has 3 nitrogen and oxygen atoms in total. The Morgan fingerprint density at radius 1 is 1.45 bits per heavy atom. The standard InChI is InChI=1S/C15H18FNO2S/c1-15(2,3)20-10-14(19)17-13-7-6-11(5-4-8-18)9-12(13)16/h6-7,9,18H,8,10H2,1-3H3,(H,17,19). The van der Waals surface area contributed by atoms with Crippen LogP contribution in [0.5, 0.6) is 0 Å². The van der Waals surface area contributed by atoms with Crippen LogP contribution in [0.1, 0.15) is 26.3 Å². The zero-order valence-electron chi connectivity index (χ0n) is 11.8. The summed E-state index contributed by atoms with van der Waals surface area (Å²) in [4.78, 5) is 11.7. The summed E-state index contributed by atoms with van der Waals surface area (Å²) in [5.74, 6) is 4.54. The summed E-state index contributed by atoms with van der Waals surface area (Å²) < 4.78 is 13.7. The monoisotopic (exact) mass is 295 g/mol. The van der Waals surface area contributed by atoms with Crippen molar-refractivity contribution in [3.05, 3.63) is 29.6 Å². The first-order chi connectivity index (χ1) is 9.31. The lowest BCUT2D eigenvalue weighted by molar-refractivity contribution is -0.113. The van der Waals surface area contributed by atoms with Gasteiger partial charge in [-0.25, -0.2) is 4.39 Å². The van der Waals surface area contributed by atoms with Crippen LogP contribution in [0.25, 0.3) is 0 Å². The van der Waals surface area contributed by atoms with Crippen molar-refractivity contribution in [2.75, 3.05) is 17.7 Å². The largest absolute Gasteiger partial charge is 0.384 e. The highest BCUT2D eigenvalue weighted by atomic mass is 32.2. The SMILES string of the molecule is CC(C)(C)SCC(=O)Nc1ccc(C#CCO)cc1F. The third kappa shape index (κ3) is 6.09. The van der Waals surface area contributed by atoms with E-state index in [1.165, 1.54) is 23.9 Å². The first-order valence-corrected chi connectivity index (χ1v) is 7.13. The minimum Gasteiger partial charge on any atom is -0.384 e. The fourth-order valence-corrected chi connectivity index (χ4v) is 1.94. The van der Waals surface area contributed by atoms with E-state index in [2.05, 4.69) is 17.2 Å². The van der Waals surface area contributed by atoms with Gasteiger partial charge in [0, 0.05) is 10.3 Å². The molecular weight excluding hydrogens is 277 g/mol. The van der Waals surface area contributed by atoms with Gasteiger partial charge in [0.05, 0.1) is 11.4 Å². The number of rotatable bonds is 3. The van der Waals surface area contributed by atoms with Crippen molar-refractivity contribution in [1.82, 2.24) is 0 Å². The van der Waals surface area contributed by atoms with Gasteiger partial charge in [-0.15, -0.1) is 11.8 Å². The molecule has 0 unspecified atom stereocenters. The molecule has 5 heteroatoms. The van der Waals surface area contributed by atoms with Gasteiger partial charge in [0.1, 0.15) is 12.4 Å². The molecule has 1 amide bonds. The number of aliphatic hydroxyl groups excluding tert-OH is 1. The van der Waals surface area contributed by atoms with Gasteiger partial charge >= 0.3 is 0 Å². The van der Waals surface area contributed by atoms with Crippen LogP contribution in [0.4, 0.5) is 10.1 Å². The molecule has 20 heavy (non-hydrogen) atoms. The number of halogens is 1. The van der Waals surface area contributed by atoms with Crippen LogP contribution in [0.2, 0.25) is 0 Å². The van der Waals surface area contributed by atoms with Crippen molar-refractivity contribution in [2.24, 2.45) is 0 Å². The van der Waals surface area contributed by atoms with Gasteiger partial charge in [0.2, 0.25) is 5.91 Å². The maximum atomic E-state index is 13.8. The Bertz CT molecular complexity index is 541.